The molecule has 1 aliphatic rings. The molecule has 0 saturated heterocycles. The number of ketones is 2. The van der Waals surface area contributed by atoms with Gasteiger partial charge in [0.2, 0.25) is 0 Å². The lowest BCUT2D eigenvalue weighted by Crippen LogP contribution is -2.25. The Morgan fingerprint density at radius 2 is 1.44 bits per heavy atom. The minimum atomic E-state index is -0.712. The molecule has 0 radical (unpaired) electrons. The van der Waals surface area contributed by atoms with Gasteiger partial charge in [0, 0.05) is 22.9 Å². The van der Waals surface area contributed by atoms with E-state index in [1.807, 2.05) is 0 Å². The van der Waals surface area contributed by atoms with Gasteiger partial charge in [0.25, 0.3) is 0 Å². The fraction of sp³-hybridized carbons (Fsp3) is 0.250. The molecule has 0 fully saturated rings. The summed E-state index contributed by atoms with van der Waals surface area (Å²) >= 11 is 0. The normalized spacial score (nSPS) is 12.0. The summed E-state index contributed by atoms with van der Waals surface area (Å²) in [7, 11) is 0. The average molecular weight is 436 g/mol. The maximum atomic E-state index is 13.0. The Morgan fingerprint density at radius 1 is 0.875 bits per heavy atom. The molecule has 0 saturated carbocycles. The predicted octanol–water partition coefficient (Wildman–Crippen LogP) is 3.07. The highest BCUT2D eigenvalue weighted by Gasteiger charge is 2.35. The minimum Gasteiger partial charge on any atom is -0.463 e. The SMILES string of the molecule is C=CC(=O)OCCCCCCOC(=O)c1cc(N)c2c(c1N)C(=O)c1ccccc1C2=O. The van der Waals surface area contributed by atoms with Crippen LogP contribution in [0.25, 0.3) is 0 Å². The van der Waals surface area contributed by atoms with Crippen LogP contribution >= 0.6 is 0 Å². The van der Waals surface area contributed by atoms with Crippen LogP contribution < -0.4 is 11.5 Å². The molecule has 3 rings (SSSR count). The van der Waals surface area contributed by atoms with Gasteiger partial charge in [-0.3, -0.25) is 9.59 Å². The molecule has 0 amide bonds. The van der Waals surface area contributed by atoms with Crippen molar-refractivity contribution in [3.8, 4) is 0 Å². The van der Waals surface area contributed by atoms with E-state index in [9.17, 15) is 19.2 Å². The molecule has 0 atom stereocenters. The van der Waals surface area contributed by atoms with Crippen LogP contribution in [0.4, 0.5) is 11.4 Å². The van der Waals surface area contributed by atoms with Crippen molar-refractivity contribution in [2.45, 2.75) is 25.7 Å². The van der Waals surface area contributed by atoms with Gasteiger partial charge < -0.3 is 20.9 Å². The van der Waals surface area contributed by atoms with Crippen LogP contribution in [-0.2, 0) is 14.3 Å². The number of rotatable bonds is 9. The molecule has 2 aromatic rings. The van der Waals surface area contributed by atoms with Gasteiger partial charge in [0.1, 0.15) is 0 Å². The first-order valence-electron chi connectivity index (χ1n) is 10.2. The second-order valence-corrected chi connectivity index (χ2v) is 7.30. The van der Waals surface area contributed by atoms with E-state index in [2.05, 4.69) is 6.58 Å². The van der Waals surface area contributed by atoms with E-state index in [1.165, 1.54) is 12.1 Å². The number of hydrogen-bond donors (Lipinski definition) is 2. The maximum Gasteiger partial charge on any atom is 0.340 e. The van der Waals surface area contributed by atoms with Crippen LogP contribution in [0.5, 0.6) is 0 Å². The molecule has 8 nitrogen and oxygen atoms in total. The van der Waals surface area contributed by atoms with Crippen LogP contribution in [0.3, 0.4) is 0 Å². The van der Waals surface area contributed by atoms with Gasteiger partial charge in [-0.1, -0.05) is 30.8 Å². The average Bonchev–Trinajstić information content (AvgIpc) is 2.79. The van der Waals surface area contributed by atoms with Gasteiger partial charge in [-0.25, -0.2) is 9.59 Å². The Kier molecular flexibility index (Phi) is 7.04. The quantitative estimate of drug-likeness (QED) is 0.226. The van der Waals surface area contributed by atoms with E-state index in [0.29, 0.717) is 19.4 Å². The minimum absolute atomic E-state index is 0.00285. The second-order valence-electron chi connectivity index (χ2n) is 7.30. The Morgan fingerprint density at radius 3 is 2.03 bits per heavy atom. The summed E-state index contributed by atoms with van der Waals surface area (Å²) in [5, 5.41) is 0. The van der Waals surface area contributed by atoms with Crippen LogP contribution in [0.1, 0.15) is 67.9 Å². The van der Waals surface area contributed by atoms with Crippen molar-refractivity contribution in [1.29, 1.82) is 0 Å². The zero-order chi connectivity index (χ0) is 23.3. The number of benzene rings is 2. The molecule has 0 spiro atoms. The van der Waals surface area contributed by atoms with Crippen LogP contribution in [-0.4, -0.2) is 36.7 Å². The number of fused-ring (bicyclic) bond motifs is 2. The van der Waals surface area contributed by atoms with E-state index in [1.54, 1.807) is 18.2 Å². The molecule has 2 aromatic carbocycles. The summed E-state index contributed by atoms with van der Waals surface area (Å²) in [6.45, 7) is 3.78. The molecule has 0 heterocycles. The van der Waals surface area contributed by atoms with Gasteiger partial charge >= 0.3 is 11.9 Å². The Balaban J connectivity index is 1.63. The van der Waals surface area contributed by atoms with Gasteiger partial charge in [-0.05, 0) is 31.7 Å². The van der Waals surface area contributed by atoms with Crippen LogP contribution in [0.2, 0.25) is 0 Å². The molecule has 0 bridgehead atoms. The summed E-state index contributed by atoms with van der Waals surface area (Å²) < 4.78 is 10.2. The number of carbonyl (C=O) groups excluding carboxylic acids is 4. The van der Waals surface area contributed by atoms with Crippen molar-refractivity contribution in [3.63, 3.8) is 0 Å². The number of nitrogen functional groups attached to an aromatic ring is 2. The van der Waals surface area contributed by atoms with Crippen LogP contribution in [0, 0.1) is 0 Å². The number of unbranched alkanes of at least 4 members (excludes halogenated alkanes) is 3. The van der Waals surface area contributed by atoms with Crippen molar-refractivity contribution < 1.29 is 28.7 Å². The van der Waals surface area contributed by atoms with Crippen molar-refractivity contribution in [2.75, 3.05) is 24.7 Å². The second kappa shape index (κ2) is 9.91. The van der Waals surface area contributed by atoms with Gasteiger partial charge in [-0.15, -0.1) is 0 Å². The first-order chi connectivity index (χ1) is 15.4. The number of esters is 2. The lowest BCUT2D eigenvalue weighted by atomic mass is 9.81. The summed E-state index contributed by atoms with van der Waals surface area (Å²) in [5.41, 5.74) is 12.4. The van der Waals surface area contributed by atoms with Crippen LogP contribution in [0.15, 0.2) is 43.0 Å². The Bertz CT molecular complexity index is 1110. The molecular formula is C24H24N2O6. The summed E-state index contributed by atoms with van der Waals surface area (Å²) in [6.07, 6.45) is 3.98. The maximum absolute atomic E-state index is 13.0. The topological polar surface area (TPSA) is 139 Å². The summed E-state index contributed by atoms with van der Waals surface area (Å²) in [6, 6.07) is 7.69. The first-order valence-corrected chi connectivity index (χ1v) is 10.2. The third-order valence-electron chi connectivity index (χ3n) is 5.17. The standard InChI is InChI=1S/C24H24N2O6/c1-2-18(27)31-11-7-3-4-8-12-32-24(30)16-13-17(25)19-20(21(16)26)23(29)15-10-6-5-9-14(15)22(19)28/h2,5-6,9-10,13H,1,3-4,7-8,11-12,25-26H2. The molecule has 4 N–H and O–H groups in total. The largest absolute Gasteiger partial charge is 0.463 e. The molecule has 1 aliphatic carbocycles. The monoisotopic (exact) mass is 436 g/mol. The zero-order valence-corrected chi connectivity index (χ0v) is 17.5. The molecule has 0 unspecified atom stereocenters. The first kappa shape index (κ1) is 22.7. The summed E-state index contributed by atoms with van der Waals surface area (Å²) in [5.74, 6) is -2.02. The predicted molar refractivity (Wildman–Crippen MR) is 118 cm³/mol. The summed E-state index contributed by atoms with van der Waals surface area (Å²) in [4.78, 5) is 49.3. The molecular weight excluding hydrogens is 412 g/mol. The van der Waals surface area contributed by atoms with Gasteiger partial charge in [0.05, 0.1) is 35.6 Å². The Labute approximate surface area is 185 Å². The zero-order valence-electron chi connectivity index (χ0n) is 17.5. The fourth-order valence-corrected chi connectivity index (χ4v) is 3.55. The third kappa shape index (κ3) is 4.54. The van der Waals surface area contributed by atoms with E-state index in [-0.39, 0.29) is 45.8 Å². The molecule has 0 aliphatic heterocycles. The van der Waals surface area contributed by atoms with E-state index >= 15 is 0 Å². The molecule has 32 heavy (non-hydrogen) atoms. The van der Waals surface area contributed by atoms with Crippen molar-refractivity contribution in [1.82, 2.24) is 0 Å². The molecule has 8 heteroatoms. The van der Waals surface area contributed by atoms with Crippen molar-refractivity contribution in [2.24, 2.45) is 0 Å². The Hall–Kier alpha value is -3.94. The highest BCUT2D eigenvalue weighted by Crippen LogP contribution is 2.36. The highest BCUT2D eigenvalue weighted by molar-refractivity contribution is 6.32. The van der Waals surface area contributed by atoms with E-state index < -0.39 is 23.5 Å². The number of nitrogens with two attached hydrogens (primary N) is 2. The number of carbonyl (C=O) groups is 4. The van der Waals surface area contributed by atoms with Gasteiger partial charge in [-0.2, -0.15) is 0 Å². The van der Waals surface area contributed by atoms with Crippen molar-refractivity contribution >= 4 is 34.9 Å². The lowest BCUT2D eigenvalue weighted by Gasteiger charge is -2.22. The number of hydrogen-bond acceptors (Lipinski definition) is 8. The third-order valence-corrected chi connectivity index (χ3v) is 5.17. The fourth-order valence-electron chi connectivity index (χ4n) is 3.55. The molecule has 166 valence electrons. The smallest absolute Gasteiger partial charge is 0.340 e. The van der Waals surface area contributed by atoms with Crippen molar-refractivity contribution in [3.05, 3.63) is 70.8 Å². The molecule has 0 aromatic heterocycles. The number of ether oxygens (including phenoxy) is 2. The van der Waals surface area contributed by atoms with E-state index in [4.69, 9.17) is 20.9 Å². The number of anilines is 2. The lowest BCUT2D eigenvalue weighted by molar-refractivity contribution is -0.137. The highest BCUT2D eigenvalue weighted by atomic mass is 16.5. The van der Waals surface area contributed by atoms with E-state index in [0.717, 1.165) is 18.9 Å². The van der Waals surface area contributed by atoms with Gasteiger partial charge in [0.15, 0.2) is 11.6 Å².